The summed E-state index contributed by atoms with van der Waals surface area (Å²) in [7, 11) is 0. The normalized spacial score (nSPS) is 15.4. The van der Waals surface area contributed by atoms with Crippen LogP contribution in [0.1, 0.15) is 60.8 Å². The Kier molecular flexibility index (Phi) is 17.1. The van der Waals surface area contributed by atoms with Crippen molar-refractivity contribution in [1.29, 1.82) is 0 Å². The first-order valence-corrected chi connectivity index (χ1v) is 24.0. The zero-order valence-corrected chi connectivity index (χ0v) is 35.7. The molecule has 4 aromatic carbocycles. The first-order chi connectivity index (χ1) is 27.1. The number of hydroxylamine groups is 2. The average Bonchev–Trinajstić information content (AvgIpc) is 3.81. The molecule has 1 heterocycles. The Morgan fingerprint density at radius 3 is 1.59 bits per heavy atom. The number of hydrogen-bond acceptors (Lipinski definition) is 10. The van der Waals surface area contributed by atoms with E-state index < -0.39 is 44.7 Å². The fourth-order valence-corrected chi connectivity index (χ4v) is 6.70. The van der Waals surface area contributed by atoms with Gasteiger partial charge in [-0.1, -0.05) is 92.8 Å². The summed E-state index contributed by atoms with van der Waals surface area (Å²) >= 11 is -0.113. The SMILES string of the molecule is CCNc1ccc2c(c1)C(COC(=O)NF)c1ccccc1-2.CCNc1ccc2c(c1)C(COC(=O)ON1C(=O)CCC1=O)c1ccccc1-2.CI.CI(N)F. The van der Waals surface area contributed by atoms with E-state index in [1.54, 1.807) is 0 Å². The number of fused-ring (bicyclic) bond motifs is 6. The van der Waals surface area contributed by atoms with Crippen molar-refractivity contribution in [1.82, 2.24) is 10.6 Å². The predicted octanol–water partition coefficient (Wildman–Crippen LogP) is 9.22. The van der Waals surface area contributed by atoms with Gasteiger partial charge in [0.1, 0.15) is 13.2 Å². The van der Waals surface area contributed by atoms with Crippen molar-refractivity contribution in [2.45, 2.75) is 38.5 Å². The van der Waals surface area contributed by atoms with Crippen LogP contribution in [-0.2, 0) is 23.9 Å². The second-order valence-electron chi connectivity index (χ2n) is 12.3. The first kappa shape index (κ1) is 44.2. The maximum absolute atomic E-state index is 12.1. The summed E-state index contributed by atoms with van der Waals surface area (Å²) in [4.78, 5) is 54.4. The number of nitrogens with one attached hydrogen (secondary N) is 3. The Morgan fingerprint density at radius 2 is 1.16 bits per heavy atom. The predicted molar refractivity (Wildman–Crippen MR) is 230 cm³/mol. The number of imide groups is 1. The van der Waals surface area contributed by atoms with Gasteiger partial charge >= 0.3 is 44.7 Å². The van der Waals surface area contributed by atoms with E-state index >= 15 is 0 Å². The number of carbonyl (C=O) groups excluding carboxylic acids is 4. The van der Waals surface area contributed by atoms with Crippen LogP contribution in [0.4, 0.5) is 28.3 Å². The number of nitrogens with two attached hydrogens (primary N) is 1. The quantitative estimate of drug-likeness (QED) is 0.0419. The Hall–Kier alpha value is -4.56. The number of halogens is 4. The third-order valence-corrected chi connectivity index (χ3v) is 8.87. The molecule has 3 aliphatic rings. The van der Waals surface area contributed by atoms with E-state index in [0.717, 1.165) is 74.5 Å². The van der Waals surface area contributed by atoms with Crippen LogP contribution < -0.4 is 20.1 Å². The molecule has 3 amide bonds. The van der Waals surface area contributed by atoms with Gasteiger partial charge in [0.15, 0.2) is 0 Å². The Balaban J connectivity index is 0.000000223. The number of ether oxygens (including phenoxy) is 2. The van der Waals surface area contributed by atoms with Crippen LogP contribution in [0.25, 0.3) is 22.3 Å². The van der Waals surface area contributed by atoms with Gasteiger partial charge < -0.3 is 20.1 Å². The summed E-state index contributed by atoms with van der Waals surface area (Å²) in [5, 5.41) is 7.06. The van der Waals surface area contributed by atoms with Gasteiger partial charge in [-0.05, 0) is 87.6 Å². The van der Waals surface area contributed by atoms with Crippen molar-refractivity contribution < 1.29 is 40.8 Å². The number of benzene rings is 4. The van der Waals surface area contributed by atoms with Crippen LogP contribution in [-0.4, -0.2) is 65.3 Å². The molecule has 1 fully saturated rings. The van der Waals surface area contributed by atoms with Gasteiger partial charge in [-0.2, -0.15) is 5.54 Å². The topological polar surface area (TPSA) is 161 Å². The van der Waals surface area contributed by atoms with Gasteiger partial charge in [0, 0.05) is 49.1 Å². The molecule has 2 aliphatic carbocycles. The molecule has 56 heavy (non-hydrogen) atoms. The van der Waals surface area contributed by atoms with Gasteiger partial charge in [0.25, 0.3) is 11.8 Å². The van der Waals surface area contributed by atoms with Crippen LogP contribution in [0, 0.1) is 0 Å². The van der Waals surface area contributed by atoms with E-state index in [1.165, 1.54) is 4.93 Å². The van der Waals surface area contributed by atoms with Crippen molar-refractivity contribution in [3.05, 3.63) is 107 Å². The third kappa shape index (κ3) is 11.1. The van der Waals surface area contributed by atoms with Crippen LogP contribution >= 0.6 is 43.3 Å². The molecule has 1 saturated heterocycles. The van der Waals surface area contributed by atoms with Crippen molar-refractivity contribution in [2.75, 3.05) is 46.8 Å². The molecule has 4 aromatic rings. The number of amides is 3. The van der Waals surface area contributed by atoms with E-state index in [0.29, 0.717) is 5.06 Å². The fourth-order valence-electron chi connectivity index (χ4n) is 6.70. The summed E-state index contributed by atoms with van der Waals surface area (Å²) in [6, 6.07) is 28.3. The number of nitrogens with zero attached hydrogens (tertiary/aromatic N) is 1. The maximum atomic E-state index is 12.1. The average molecular weight is 1000 g/mol. The Bertz CT molecular complexity index is 1990. The van der Waals surface area contributed by atoms with E-state index in [4.69, 9.17) is 14.3 Å². The van der Waals surface area contributed by atoms with Crippen molar-refractivity contribution in [3.8, 4) is 22.3 Å². The van der Waals surface area contributed by atoms with Crippen molar-refractivity contribution >= 4 is 78.7 Å². The molecule has 16 heteroatoms. The van der Waals surface area contributed by atoms with Crippen LogP contribution in [0.5, 0.6) is 0 Å². The zero-order valence-electron chi connectivity index (χ0n) is 31.4. The minimum absolute atomic E-state index is 0.0443. The second-order valence-corrected chi connectivity index (χ2v) is 14.8. The molecule has 300 valence electrons. The molecule has 2 unspecified atom stereocenters. The molecular weight excluding hydrogens is 954 g/mol. The number of carbonyl (C=O) groups is 4. The molecule has 0 saturated carbocycles. The summed E-state index contributed by atoms with van der Waals surface area (Å²) in [5.41, 5.74) is 11.8. The molecule has 0 bridgehead atoms. The molecule has 0 spiro atoms. The minimum atomic E-state index is -2.26. The summed E-state index contributed by atoms with van der Waals surface area (Å²) in [6.45, 7) is 5.85. The van der Waals surface area contributed by atoms with Crippen LogP contribution in [0.15, 0.2) is 84.9 Å². The monoisotopic (exact) mass is 999 g/mol. The Morgan fingerprint density at radius 1 is 0.750 bits per heavy atom. The molecule has 2 atom stereocenters. The second kappa shape index (κ2) is 21.7. The summed E-state index contributed by atoms with van der Waals surface area (Å²) in [5.74, 6) is -1.30. The third-order valence-electron chi connectivity index (χ3n) is 8.87. The molecule has 0 radical (unpaired) electrons. The Labute approximate surface area is 346 Å². The van der Waals surface area contributed by atoms with E-state index in [2.05, 4.69) is 67.5 Å². The summed E-state index contributed by atoms with van der Waals surface area (Å²) in [6.07, 6.45) is -2.03. The molecule has 5 N–H and O–H groups in total. The number of hydrogen-bond donors (Lipinski definition) is 4. The molecule has 7 rings (SSSR count). The molecule has 1 aliphatic heterocycles. The van der Waals surface area contributed by atoms with Gasteiger partial charge in [0.2, 0.25) is 0 Å². The zero-order chi connectivity index (χ0) is 40.8. The first-order valence-electron chi connectivity index (χ1n) is 17.6. The van der Waals surface area contributed by atoms with Crippen LogP contribution in [0.2, 0.25) is 0 Å². The molecular formula is C40H45F2I2N5O7. The van der Waals surface area contributed by atoms with Gasteiger partial charge in [-0.15, -0.1) is 0 Å². The number of alkyl halides is 2. The number of anilines is 2. The molecule has 12 nitrogen and oxygen atoms in total. The van der Waals surface area contributed by atoms with Crippen LogP contribution in [0.3, 0.4) is 0 Å². The van der Waals surface area contributed by atoms with Gasteiger partial charge in [-0.3, -0.25) is 14.4 Å². The van der Waals surface area contributed by atoms with Gasteiger partial charge in [0.05, 0.1) is 0 Å². The fraction of sp³-hybridized carbons (Fsp3) is 0.300. The van der Waals surface area contributed by atoms with E-state index in [-0.39, 0.29) is 37.9 Å². The summed E-state index contributed by atoms with van der Waals surface area (Å²) < 4.78 is 37.8. The number of rotatable bonds is 9. The van der Waals surface area contributed by atoms with E-state index in [1.807, 2.05) is 73.4 Å². The van der Waals surface area contributed by atoms with Crippen molar-refractivity contribution in [3.63, 3.8) is 0 Å². The molecule has 0 aromatic heterocycles. The standard InChI is InChI=1S/C21H20N2O5.C17H17FN2O2.CH5FIN.CH3I/c1-2-22-13-7-8-16-14-5-3-4-6-15(14)18(17(16)11-13)12-27-21(26)28-23-19(24)9-10-20(23)25;1-2-19-11-7-8-14-12-5-3-4-6-13(12)16(15(14)9-11)10-22-17(21)20-18;1-3(2)4;1-2/h3-8,11,18,22H,2,9-10,12H2,1H3;3-9,16,19H,2,10H2,1H3,(H,20,21);4H2,1H3;1H3. The van der Waals surface area contributed by atoms with Crippen molar-refractivity contribution in [2.24, 2.45) is 3.95 Å². The van der Waals surface area contributed by atoms with E-state index in [9.17, 15) is 26.5 Å². The van der Waals surface area contributed by atoms with Gasteiger partial charge in [-0.25, -0.2) is 9.59 Å².